The lowest BCUT2D eigenvalue weighted by atomic mass is 9.86. The molecular formula is C50H40N2O2. The highest BCUT2D eigenvalue weighted by Gasteiger charge is 2.27. The number of hydrogen-bond donors (Lipinski definition) is 0. The molecule has 0 amide bonds. The Labute approximate surface area is 313 Å². The molecule has 262 valence electrons. The van der Waals surface area contributed by atoms with E-state index in [0.717, 1.165) is 82.7 Å². The molecule has 0 saturated heterocycles. The standard InChI is InChI=1S/C50H40N2O2/c1-49(2,3)29-15-19-31(20-16-29)51(32-21-17-30(18-22-32)50(4,5)6)33-27-40-36-23-25-38-34-11-7-9-13-42(34)53-47(38)45(36)52-44(40)41(28-33)37-24-26-39-35-12-8-10-14-43(35)54-48(39)46(37)52/h7-28H,1-6H3. The van der Waals surface area contributed by atoms with Crippen molar-refractivity contribution in [2.45, 2.75) is 52.4 Å². The molecule has 4 heterocycles. The first-order valence-electron chi connectivity index (χ1n) is 18.9. The fourth-order valence-corrected chi connectivity index (χ4v) is 8.83. The van der Waals surface area contributed by atoms with Crippen molar-refractivity contribution in [1.29, 1.82) is 0 Å². The Morgan fingerprint density at radius 2 is 0.796 bits per heavy atom. The fourth-order valence-electron chi connectivity index (χ4n) is 8.83. The van der Waals surface area contributed by atoms with Crippen LogP contribution in [-0.2, 0) is 10.8 Å². The van der Waals surface area contributed by atoms with Crippen molar-refractivity contribution in [2.75, 3.05) is 4.90 Å². The van der Waals surface area contributed by atoms with Gasteiger partial charge < -0.3 is 18.1 Å². The van der Waals surface area contributed by atoms with Crippen molar-refractivity contribution in [3.05, 3.63) is 145 Å². The predicted molar refractivity (Wildman–Crippen MR) is 228 cm³/mol. The molecule has 0 unspecified atom stereocenters. The Morgan fingerprint density at radius 1 is 0.389 bits per heavy atom. The number of para-hydroxylation sites is 2. The number of fused-ring (bicyclic) bond motifs is 14. The molecule has 0 spiro atoms. The van der Waals surface area contributed by atoms with E-state index in [1.807, 2.05) is 12.1 Å². The van der Waals surface area contributed by atoms with Crippen LogP contribution in [0.25, 0.3) is 82.0 Å². The van der Waals surface area contributed by atoms with E-state index < -0.39 is 0 Å². The summed E-state index contributed by atoms with van der Waals surface area (Å²) in [5.41, 5.74) is 13.0. The maximum absolute atomic E-state index is 6.78. The molecule has 4 nitrogen and oxygen atoms in total. The average Bonchev–Trinajstić information content (AvgIpc) is 3.91. The minimum Gasteiger partial charge on any atom is -0.454 e. The number of rotatable bonds is 3. The van der Waals surface area contributed by atoms with Crippen LogP contribution in [0, 0.1) is 0 Å². The number of benzene rings is 7. The SMILES string of the molecule is CC(C)(C)c1ccc(N(c2ccc(C(C)(C)C)cc2)c2cc3c4ccc5c6ccccc6oc5c4n4c3c(c2)c2ccc3c5ccccc5oc3c24)cc1. The van der Waals surface area contributed by atoms with Gasteiger partial charge in [0.25, 0.3) is 0 Å². The maximum atomic E-state index is 6.78. The van der Waals surface area contributed by atoms with Crippen LogP contribution in [0.4, 0.5) is 17.1 Å². The van der Waals surface area contributed by atoms with E-state index in [0.29, 0.717) is 0 Å². The largest absolute Gasteiger partial charge is 0.454 e. The zero-order valence-corrected chi connectivity index (χ0v) is 31.4. The fraction of sp³-hybridized carbons (Fsp3) is 0.160. The summed E-state index contributed by atoms with van der Waals surface area (Å²) < 4.78 is 16.0. The molecule has 0 atom stereocenters. The second-order valence-electron chi connectivity index (χ2n) is 17.0. The smallest absolute Gasteiger partial charge is 0.160 e. The lowest BCUT2D eigenvalue weighted by Crippen LogP contribution is -2.14. The van der Waals surface area contributed by atoms with Gasteiger partial charge in [0.1, 0.15) is 11.2 Å². The molecule has 0 radical (unpaired) electrons. The van der Waals surface area contributed by atoms with E-state index in [1.54, 1.807) is 0 Å². The molecule has 0 aliphatic heterocycles. The van der Waals surface area contributed by atoms with Crippen molar-refractivity contribution < 1.29 is 8.83 Å². The topological polar surface area (TPSA) is 33.9 Å². The minimum absolute atomic E-state index is 0.0536. The van der Waals surface area contributed by atoms with Crippen molar-refractivity contribution in [3.8, 4) is 0 Å². The van der Waals surface area contributed by atoms with Crippen LogP contribution in [0.3, 0.4) is 0 Å². The van der Waals surface area contributed by atoms with Gasteiger partial charge in [-0.15, -0.1) is 0 Å². The van der Waals surface area contributed by atoms with Crippen LogP contribution >= 0.6 is 0 Å². The summed E-state index contributed by atoms with van der Waals surface area (Å²) in [5.74, 6) is 0. The second kappa shape index (κ2) is 10.7. The van der Waals surface area contributed by atoms with Gasteiger partial charge in [0.15, 0.2) is 11.2 Å². The molecule has 0 aliphatic rings. The Balaban J connectivity index is 1.28. The Hall–Kier alpha value is -6.26. The molecule has 7 aromatic carbocycles. The molecule has 11 rings (SSSR count). The quantitative estimate of drug-likeness (QED) is 0.184. The van der Waals surface area contributed by atoms with Crippen molar-refractivity contribution in [2.24, 2.45) is 0 Å². The zero-order chi connectivity index (χ0) is 36.7. The lowest BCUT2D eigenvalue weighted by Gasteiger charge is -2.28. The maximum Gasteiger partial charge on any atom is 0.160 e. The lowest BCUT2D eigenvalue weighted by molar-refractivity contribution is 0.590. The Morgan fingerprint density at radius 3 is 1.22 bits per heavy atom. The third kappa shape index (κ3) is 4.31. The highest BCUT2D eigenvalue weighted by molar-refractivity contribution is 6.32. The predicted octanol–water partition coefficient (Wildman–Crippen LogP) is 14.7. The van der Waals surface area contributed by atoms with Crippen LogP contribution in [0.2, 0.25) is 0 Å². The molecule has 54 heavy (non-hydrogen) atoms. The molecule has 0 N–H and O–H groups in total. The summed E-state index contributed by atoms with van der Waals surface area (Å²) in [6.07, 6.45) is 0. The zero-order valence-electron chi connectivity index (χ0n) is 31.4. The average molecular weight is 701 g/mol. The normalized spacial score (nSPS) is 13.0. The van der Waals surface area contributed by atoms with E-state index in [-0.39, 0.29) is 10.8 Å². The Bertz CT molecular complexity index is 3050. The molecule has 0 bridgehead atoms. The van der Waals surface area contributed by atoms with Gasteiger partial charge in [-0.3, -0.25) is 0 Å². The van der Waals surface area contributed by atoms with Gasteiger partial charge in [0.2, 0.25) is 0 Å². The first-order chi connectivity index (χ1) is 26.0. The monoisotopic (exact) mass is 700 g/mol. The first kappa shape index (κ1) is 31.3. The van der Waals surface area contributed by atoms with Gasteiger partial charge in [-0.25, -0.2) is 0 Å². The second-order valence-corrected chi connectivity index (χ2v) is 17.0. The van der Waals surface area contributed by atoms with Crippen LogP contribution in [0.5, 0.6) is 0 Å². The summed E-state index contributed by atoms with van der Waals surface area (Å²) in [7, 11) is 0. The van der Waals surface area contributed by atoms with E-state index in [4.69, 9.17) is 8.83 Å². The van der Waals surface area contributed by atoms with E-state index >= 15 is 0 Å². The van der Waals surface area contributed by atoms with Crippen LogP contribution in [-0.4, -0.2) is 4.40 Å². The van der Waals surface area contributed by atoms with E-state index in [2.05, 4.69) is 172 Å². The first-order valence-corrected chi connectivity index (χ1v) is 18.9. The minimum atomic E-state index is 0.0536. The molecule has 0 saturated carbocycles. The van der Waals surface area contributed by atoms with Crippen molar-refractivity contribution >= 4 is 99.0 Å². The van der Waals surface area contributed by atoms with Gasteiger partial charge in [-0.2, -0.15) is 0 Å². The highest BCUT2D eigenvalue weighted by Crippen LogP contribution is 2.49. The van der Waals surface area contributed by atoms with Gasteiger partial charge in [0, 0.05) is 60.2 Å². The van der Waals surface area contributed by atoms with E-state index in [9.17, 15) is 0 Å². The summed E-state index contributed by atoms with van der Waals surface area (Å²) >= 11 is 0. The van der Waals surface area contributed by atoms with Crippen molar-refractivity contribution in [3.63, 3.8) is 0 Å². The highest BCUT2D eigenvalue weighted by atomic mass is 16.3. The summed E-state index contributed by atoms with van der Waals surface area (Å²) in [6.45, 7) is 13.6. The summed E-state index contributed by atoms with van der Waals surface area (Å²) in [6, 6.07) is 48.7. The third-order valence-corrected chi connectivity index (χ3v) is 11.6. The molecule has 4 heteroatoms. The van der Waals surface area contributed by atoms with Gasteiger partial charge in [-0.1, -0.05) is 114 Å². The number of hydrogen-bond acceptors (Lipinski definition) is 3. The number of furan rings is 2. The molecular weight excluding hydrogens is 661 g/mol. The Kier molecular flexibility index (Phi) is 6.18. The summed E-state index contributed by atoms with van der Waals surface area (Å²) in [4.78, 5) is 2.41. The molecule has 0 aliphatic carbocycles. The number of aromatic nitrogens is 1. The third-order valence-electron chi connectivity index (χ3n) is 11.6. The van der Waals surface area contributed by atoms with Gasteiger partial charge in [-0.05, 0) is 82.6 Å². The molecule has 4 aromatic heterocycles. The van der Waals surface area contributed by atoms with Crippen LogP contribution < -0.4 is 4.90 Å². The van der Waals surface area contributed by atoms with Crippen molar-refractivity contribution in [1.82, 2.24) is 4.40 Å². The number of anilines is 3. The molecule has 11 aromatic rings. The van der Waals surface area contributed by atoms with Crippen LogP contribution in [0.1, 0.15) is 52.7 Å². The van der Waals surface area contributed by atoms with E-state index in [1.165, 1.54) is 27.4 Å². The van der Waals surface area contributed by atoms with Gasteiger partial charge >= 0.3 is 0 Å². The van der Waals surface area contributed by atoms with Crippen LogP contribution in [0.15, 0.2) is 142 Å². The summed E-state index contributed by atoms with van der Waals surface area (Å²) in [5, 5.41) is 9.15. The van der Waals surface area contributed by atoms with Gasteiger partial charge in [0.05, 0.1) is 16.6 Å². The molecule has 0 fully saturated rings. The number of nitrogens with zero attached hydrogens (tertiary/aromatic N) is 2.